The van der Waals surface area contributed by atoms with E-state index in [4.69, 9.17) is 0 Å². The van der Waals surface area contributed by atoms with Gasteiger partial charge in [-0.05, 0) is 63.2 Å². The Hall–Kier alpha value is -3.84. The maximum atomic E-state index is 12.7. The molecule has 0 unspecified atom stereocenters. The van der Waals surface area contributed by atoms with Gasteiger partial charge in [-0.25, -0.2) is 31.5 Å². The van der Waals surface area contributed by atoms with Crippen LogP contribution in [0.5, 0.6) is 0 Å². The Morgan fingerprint density at radius 3 is 2.08 bits per heavy atom. The maximum absolute atomic E-state index is 12.7. The Kier molecular flexibility index (Phi) is 7.74. The van der Waals surface area contributed by atoms with E-state index in [9.17, 15) is 26.4 Å². The Bertz CT molecular complexity index is 1500. The minimum absolute atomic E-state index is 0.0559. The number of ketones is 1. The van der Waals surface area contributed by atoms with Crippen LogP contribution >= 0.6 is 0 Å². The normalized spacial score (nSPS) is 11.6. The molecule has 3 rings (SSSR count). The molecule has 0 bridgehead atoms. The second-order valence-corrected chi connectivity index (χ2v) is 11.6. The van der Waals surface area contributed by atoms with Crippen molar-refractivity contribution in [3.63, 3.8) is 0 Å². The summed E-state index contributed by atoms with van der Waals surface area (Å²) in [5, 5.41) is 2.54. The Morgan fingerprint density at radius 1 is 0.917 bits per heavy atom. The highest BCUT2D eigenvalue weighted by atomic mass is 32.2. The molecule has 1 aromatic heterocycles. The van der Waals surface area contributed by atoms with Crippen LogP contribution in [-0.2, 0) is 24.8 Å². The number of hydrogen-bond donors (Lipinski definition) is 2. The fourth-order valence-electron chi connectivity index (χ4n) is 3.28. The third kappa shape index (κ3) is 6.86. The van der Waals surface area contributed by atoms with E-state index in [0.29, 0.717) is 17.0 Å². The van der Waals surface area contributed by atoms with Crippen LogP contribution in [0.4, 0.5) is 17.3 Å². The molecule has 0 aliphatic rings. The number of benzene rings is 2. The second kappa shape index (κ2) is 10.4. The number of nitrogens with zero attached hydrogens (tertiary/aromatic N) is 3. The lowest BCUT2D eigenvalue weighted by Gasteiger charge is -2.22. The number of hydrogen-bond acceptors (Lipinski definition) is 8. The number of anilines is 3. The van der Waals surface area contributed by atoms with Crippen molar-refractivity contribution < 1.29 is 26.4 Å². The fourth-order valence-corrected chi connectivity index (χ4v) is 5.07. The predicted octanol–water partition coefficient (Wildman–Crippen LogP) is 2.50. The predicted molar refractivity (Wildman–Crippen MR) is 136 cm³/mol. The van der Waals surface area contributed by atoms with Gasteiger partial charge in [0.15, 0.2) is 5.78 Å². The van der Waals surface area contributed by atoms with Gasteiger partial charge < -0.3 is 5.32 Å². The van der Waals surface area contributed by atoms with Gasteiger partial charge in [-0.3, -0.25) is 13.9 Å². The largest absolute Gasteiger partial charge is 0.325 e. The number of aromatic nitrogens is 2. The molecule has 0 aliphatic carbocycles. The van der Waals surface area contributed by atoms with Crippen LogP contribution in [0.15, 0.2) is 59.5 Å². The van der Waals surface area contributed by atoms with Crippen LogP contribution in [-0.4, -0.2) is 51.3 Å². The Labute approximate surface area is 209 Å². The SMILES string of the molecule is CC(=O)c1cccc(N(CC(=O)Nc2ccc(S(=O)(=O)Nc3nc(C)cc(C)n3)cc2)S(C)(=O)=O)c1. The van der Waals surface area contributed by atoms with Gasteiger partial charge in [0.25, 0.3) is 10.0 Å². The number of rotatable bonds is 9. The molecule has 1 heterocycles. The first-order chi connectivity index (χ1) is 16.7. The van der Waals surface area contributed by atoms with Crippen molar-refractivity contribution in [2.24, 2.45) is 0 Å². The zero-order valence-corrected chi connectivity index (χ0v) is 21.6. The lowest BCUT2D eigenvalue weighted by molar-refractivity contribution is -0.114. The van der Waals surface area contributed by atoms with Crippen molar-refractivity contribution in [2.45, 2.75) is 25.7 Å². The van der Waals surface area contributed by atoms with Gasteiger partial charge in [0.05, 0.1) is 16.8 Å². The van der Waals surface area contributed by atoms with E-state index in [0.717, 1.165) is 10.6 Å². The average Bonchev–Trinajstić information content (AvgIpc) is 2.76. The third-order valence-corrected chi connectivity index (χ3v) is 7.37. The molecule has 0 atom stereocenters. The van der Waals surface area contributed by atoms with Crippen molar-refractivity contribution in [3.8, 4) is 0 Å². The maximum Gasteiger partial charge on any atom is 0.264 e. The summed E-state index contributed by atoms with van der Waals surface area (Å²) in [4.78, 5) is 32.3. The van der Waals surface area contributed by atoms with E-state index in [-0.39, 0.29) is 28.0 Å². The van der Waals surface area contributed by atoms with E-state index in [1.165, 1.54) is 49.4 Å². The highest BCUT2D eigenvalue weighted by Gasteiger charge is 2.22. The molecule has 3 aromatic rings. The Morgan fingerprint density at radius 2 is 1.53 bits per heavy atom. The average molecular weight is 532 g/mol. The summed E-state index contributed by atoms with van der Waals surface area (Å²) in [5.41, 5.74) is 1.94. The van der Waals surface area contributed by atoms with Gasteiger partial charge in [0.1, 0.15) is 6.54 Å². The Balaban J connectivity index is 1.74. The van der Waals surface area contributed by atoms with Crippen LogP contribution in [0.2, 0.25) is 0 Å². The van der Waals surface area contributed by atoms with E-state index in [1.54, 1.807) is 26.0 Å². The summed E-state index contributed by atoms with van der Waals surface area (Å²) in [6.45, 7) is 4.24. The molecule has 2 aromatic carbocycles. The number of amides is 1. The first-order valence-corrected chi connectivity index (χ1v) is 13.9. The number of nitrogens with one attached hydrogen (secondary N) is 2. The van der Waals surface area contributed by atoms with Gasteiger partial charge in [-0.2, -0.15) is 0 Å². The molecule has 11 nitrogen and oxygen atoms in total. The van der Waals surface area contributed by atoms with Crippen LogP contribution in [0.3, 0.4) is 0 Å². The van der Waals surface area contributed by atoms with Gasteiger partial charge in [-0.1, -0.05) is 12.1 Å². The van der Waals surface area contributed by atoms with E-state index in [2.05, 4.69) is 20.0 Å². The minimum Gasteiger partial charge on any atom is -0.325 e. The highest BCUT2D eigenvalue weighted by Crippen LogP contribution is 2.21. The molecule has 190 valence electrons. The molecule has 13 heteroatoms. The van der Waals surface area contributed by atoms with Crippen LogP contribution in [0, 0.1) is 13.8 Å². The molecule has 2 N–H and O–H groups in total. The molecule has 36 heavy (non-hydrogen) atoms. The van der Waals surface area contributed by atoms with Crippen molar-refractivity contribution >= 4 is 49.1 Å². The summed E-state index contributed by atoms with van der Waals surface area (Å²) >= 11 is 0. The van der Waals surface area contributed by atoms with Gasteiger partial charge >= 0.3 is 0 Å². The highest BCUT2D eigenvalue weighted by molar-refractivity contribution is 7.92. The smallest absolute Gasteiger partial charge is 0.264 e. The molecule has 0 radical (unpaired) electrons. The van der Waals surface area contributed by atoms with E-state index >= 15 is 0 Å². The number of Topliss-reactive ketones (excluding diaryl/α,β-unsaturated/α-hetero) is 1. The fraction of sp³-hybridized carbons (Fsp3) is 0.217. The first kappa shape index (κ1) is 26.8. The van der Waals surface area contributed by atoms with E-state index in [1.807, 2.05) is 0 Å². The topological polar surface area (TPSA) is 156 Å². The van der Waals surface area contributed by atoms with Crippen molar-refractivity contribution in [3.05, 3.63) is 71.5 Å². The molecule has 0 saturated carbocycles. The van der Waals surface area contributed by atoms with Gasteiger partial charge in [0.2, 0.25) is 21.9 Å². The molecule has 0 fully saturated rings. The molecular weight excluding hydrogens is 506 g/mol. The van der Waals surface area contributed by atoms with Crippen molar-refractivity contribution in [1.29, 1.82) is 0 Å². The monoisotopic (exact) mass is 531 g/mol. The number of carbonyl (C=O) groups is 2. The number of aryl methyl sites for hydroxylation is 2. The zero-order chi connectivity index (χ0) is 26.7. The van der Waals surface area contributed by atoms with Gasteiger partial charge in [-0.15, -0.1) is 0 Å². The number of carbonyl (C=O) groups excluding carboxylic acids is 2. The lowest BCUT2D eigenvalue weighted by atomic mass is 10.1. The molecule has 1 amide bonds. The number of sulfonamides is 2. The van der Waals surface area contributed by atoms with E-state index < -0.39 is 32.5 Å². The van der Waals surface area contributed by atoms with Crippen LogP contribution in [0.1, 0.15) is 28.7 Å². The first-order valence-electron chi connectivity index (χ1n) is 10.6. The summed E-state index contributed by atoms with van der Waals surface area (Å²) in [5.74, 6) is -0.964. The minimum atomic E-state index is -3.98. The molecule has 0 aliphatic heterocycles. The van der Waals surface area contributed by atoms with Crippen LogP contribution < -0.4 is 14.3 Å². The lowest BCUT2D eigenvalue weighted by Crippen LogP contribution is -2.37. The molecule has 0 spiro atoms. The van der Waals surface area contributed by atoms with Crippen molar-refractivity contribution in [1.82, 2.24) is 9.97 Å². The second-order valence-electron chi connectivity index (χ2n) is 8.03. The van der Waals surface area contributed by atoms with Crippen LogP contribution in [0.25, 0.3) is 0 Å². The standard InChI is InChI=1S/C23H25N5O6S2/c1-15-12-16(2)25-23(24-15)27-36(33,34)21-10-8-19(9-11-21)26-22(30)14-28(35(4,31)32)20-7-5-6-18(13-20)17(3)29/h5-13H,14H2,1-4H3,(H,26,30)(H,24,25,27). The quantitative estimate of drug-likeness (QED) is 0.399. The van der Waals surface area contributed by atoms with Gasteiger partial charge in [0, 0.05) is 22.6 Å². The molecule has 0 saturated heterocycles. The summed E-state index contributed by atoms with van der Waals surface area (Å²) in [7, 11) is -7.83. The summed E-state index contributed by atoms with van der Waals surface area (Å²) in [6.07, 6.45) is 0.951. The summed E-state index contributed by atoms with van der Waals surface area (Å²) in [6, 6.07) is 13.0. The molecular formula is C23H25N5O6S2. The zero-order valence-electron chi connectivity index (χ0n) is 20.0. The third-order valence-electron chi connectivity index (χ3n) is 4.88. The van der Waals surface area contributed by atoms with Crippen molar-refractivity contribution in [2.75, 3.05) is 27.1 Å². The summed E-state index contributed by atoms with van der Waals surface area (Å²) < 4.78 is 53.2.